The molecule has 1 saturated carbocycles. The number of nitrogens with two attached hydrogens (primary N) is 1. The largest absolute Gasteiger partial charge is 0.403 e. The topological polar surface area (TPSA) is 38.0 Å². The van der Waals surface area contributed by atoms with E-state index in [1.54, 1.807) is 0 Å². The van der Waals surface area contributed by atoms with Crippen LogP contribution >= 0.6 is 24.8 Å². The molecule has 0 aromatic rings. The lowest BCUT2D eigenvalue weighted by Gasteiger charge is -2.30. The molecule has 1 aliphatic carbocycles. The van der Waals surface area contributed by atoms with Crippen LogP contribution in [0.15, 0.2) is 0 Å². The lowest BCUT2D eigenvalue weighted by Crippen LogP contribution is -2.47. The molecule has 0 aliphatic heterocycles. The molecule has 0 bridgehead atoms. The van der Waals surface area contributed by atoms with Crippen LogP contribution in [0, 0.1) is 0 Å². The minimum Gasteiger partial charge on any atom is -0.328 e. The number of hydrogen-bond acceptors (Lipinski definition) is 2. The van der Waals surface area contributed by atoms with Crippen molar-refractivity contribution in [1.82, 2.24) is 5.32 Å². The van der Waals surface area contributed by atoms with Crippen molar-refractivity contribution < 1.29 is 14.6 Å². The van der Waals surface area contributed by atoms with Gasteiger partial charge in [0.05, 0.1) is 0 Å². The van der Waals surface area contributed by atoms with Crippen molar-refractivity contribution in [1.29, 1.82) is 0 Å². The first kappa shape index (κ1) is 18.6. The molecule has 1 fully saturated rings. The van der Waals surface area contributed by atoms with Crippen LogP contribution in [0.3, 0.4) is 0 Å². The first-order valence-corrected chi connectivity index (χ1v) is 4.98. The van der Waals surface area contributed by atoms with Crippen LogP contribution in [0.4, 0.5) is 13.2 Å². The van der Waals surface area contributed by atoms with E-state index in [1.165, 1.54) is 0 Å². The molecule has 0 aromatic heterocycles. The number of hydrogen-bond donors (Lipinski definition) is 2. The molecule has 0 spiro atoms. The Kier molecular flexibility index (Phi) is 8.84. The Morgan fingerprint density at radius 1 is 1.19 bits per heavy atom. The highest BCUT2D eigenvalue weighted by Gasteiger charge is 2.37. The average Bonchev–Trinajstić information content (AvgIpc) is 2.07. The molecule has 1 rings (SSSR count). The predicted octanol–water partition coefficient (Wildman–Crippen LogP) is 2.89. The lowest BCUT2D eigenvalue weighted by atomic mass is 9.91. The third kappa shape index (κ3) is 6.13. The van der Waals surface area contributed by atoms with Crippen molar-refractivity contribution in [3.63, 3.8) is 0 Å². The Bertz CT molecular complexity index is 188. The molecule has 3 N–H and O–H groups in total. The molecule has 0 amide bonds. The quantitative estimate of drug-likeness (QED) is 0.818. The summed E-state index contributed by atoms with van der Waals surface area (Å²) in [5, 5.41) is 2.60. The van der Waals surface area contributed by atoms with Crippen molar-refractivity contribution in [2.45, 2.75) is 56.9 Å². The molecule has 0 radical (unpaired) electrons. The Morgan fingerprint density at radius 3 is 2.00 bits per heavy atom. The van der Waals surface area contributed by atoms with Crippen LogP contribution in [0.5, 0.6) is 0 Å². The van der Waals surface area contributed by atoms with Gasteiger partial charge in [0.15, 0.2) is 0 Å². The molecule has 1 unspecified atom stereocenters. The summed E-state index contributed by atoms with van der Waals surface area (Å²) in [6.07, 6.45) is -0.993. The highest BCUT2D eigenvalue weighted by molar-refractivity contribution is 5.85. The summed E-state index contributed by atoms with van der Waals surface area (Å²) in [5.74, 6) is 0. The number of halogens is 5. The van der Waals surface area contributed by atoms with Gasteiger partial charge in [-0.05, 0) is 32.6 Å². The van der Waals surface area contributed by atoms with Gasteiger partial charge >= 0.3 is 6.18 Å². The highest BCUT2D eigenvalue weighted by Crippen LogP contribution is 2.23. The van der Waals surface area contributed by atoms with Gasteiger partial charge in [-0.3, -0.25) is 0 Å². The second kappa shape index (κ2) is 7.58. The van der Waals surface area contributed by atoms with E-state index in [9.17, 15) is 13.2 Å². The smallest absolute Gasteiger partial charge is 0.328 e. The zero-order valence-electron chi connectivity index (χ0n) is 9.09. The summed E-state index contributed by atoms with van der Waals surface area (Å²) < 4.78 is 36.6. The van der Waals surface area contributed by atoms with Gasteiger partial charge in [0.2, 0.25) is 0 Å². The van der Waals surface area contributed by atoms with Gasteiger partial charge < -0.3 is 11.1 Å². The van der Waals surface area contributed by atoms with E-state index >= 15 is 0 Å². The maximum atomic E-state index is 12.2. The third-order valence-electron chi connectivity index (χ3n) is 2.75. The van der Waals surface area contributed by atoms with Gasteiger partial charge in [-0.2, -0.15) is 13.2 Å². The number of nitrogens with one attached hydrogen (secondary N) is 1. The summed E-state index contributed by atoms with van der Waals surface area (Å²) in [5.41, 5.74) is 5.66. The lowest BCUT2D eigenvalue weighted by molar-refractivity contribution is -0.153. The molecule has 102 valence electrons. The molecule has 0 heterocycles. The van der Waals surface area contributed by atoms with Crippen molar-refractivity contribution in [2.24, 2.45) is 5.73 Å². The fraction of sp³-hybridized carbons (Fsp3) is 1.00. The van der Waals surface area contributed by atoms with Crippen molar-refractivity contribution >= 4 is 24.8 Å². The number of alkyl halides is 3. The summed E-state index contributed by atoms with van der Waals surface area (Å²) >= 11 is 0. The zero-order valence-corrected chi connectivity index (χ0v) is 10.7. The van der Waals surface area contributed by atoms with E-state index in [0.717, 1.165) is 32.6 Å². The maximum absolute atomic E-state index is 12.2. The van der Waals surface area contributed by atoms with Crippen LogP contribution in [0.25, 0.3) is 0 Å². The average molecular weight is 285 g/mol. The van der Waals surface area contributed by atoms with Gasteiger partial charge in [-0.1, -0.05) is 0 Å². The van der Waals surface area contributed by atoms with E-state index < -0.39 is 12.2 Å². The predicted molar refractivity (Wildman–Crippen MR) is 65.5 cm³/mol. The van der Waals surface area contributed by atoms with Gasteiger partial charge in [0.25, 0.3) is 0 Å². The molecule has 0 saturated heterocycles. The van der Waals surface area contributed by atoms with Crippen LogP contribution in [-0.2, 0) is 0 Å². The summed E-state index contributed by atoms with van der Waals surface area (Å²) in [6.45, 7) is 1.16. The van der Waals surface area contributed by atoms with Crippen LogP contribution in [-0.4, -0.2) is 24.3 Å². The van der Waals surface area contributed by atoms with Crippen LogP contribution in [0.2, 0.25) is 0 Å². The monoisotopic (exact) mass is 284 g/mol. The van der Waals surface area contributed by atoms with Gasteiger partial charge in [0, 0.05) is 13.5 Å². The standard InChI is InChI=1S/C9H17F3N2.2ClH.H2/c1-6(9(10,11)12)14-8-4-2-7(13)3-5-8;;;/h6-8,14H,2-5,13H2,1H3;3*1H. The Morgan fingerprint density at radius 2 is 1.62 bits per heavy atom. The van der Waals surface area contributed by atoms with E-state index in [2.05, 4.69) is 5.32 Å². The first-order valence-electron chi connectivity index (χ1n) is 4.98. The maximum Gasteiger partial charge on any atom is 0.403 e. The Balaban J connectivity index is -0.000000653. The number of rotatable bonds is 2. The van der Waals surface area contributed by atoms with Crippen LogP contribution < -0.4 is 11.1 Å². The highest BCUT2D eigenvalue weighted by atomic mass is 35.5. The summed E-state index contributed by atoms with van der Waals surface area (Å²) in [4.78, 5) is 0. The normalized spacial score (nSPS) is 27.6. The third-order valence-corrected chi connectivity index (χ3v) is 2.75. The van der Waals surface area contributed by atoms with Gasteiger partial charge in [0.1, 0.15) is 6.04 Å². The van der Waals surface area contributed by atoms with E-state index in [1.807, 2.05) is 0 Å². The molecule has 1 aliphatic rings. The van der Waals surface area contributed by atoms with Crippen molar-refractivity contribution in [3.05, 3.63) is 0 Å². The molecule has 0 aromatic carbocycles. The van der Waals surface area contributed by atoms with E-state index in [4.69, 9.17) is 5.73 Å². The van der Waals surface area contributed by atoms with Crippen molar-refractivity contribution in [2.75, 3.05) is 0 Å². The second-order valence-electron chi connectivity index (χ2n) is 4.04. The Labute approximate surface area is 108 Å². The van der Waals surface area contributed by atoms with Gasteiger partial charge in [-0.25, -0.2) is 0 Å². The van der Waals surface area contributed by atoms with Crippen molar-refractivity contribution in [3.8, 4) is 0 Å². The fourth-order valence-corrected chi connectivity index (χ4v) is 1.73. The Hall–Kier alpha value is 0.290. The second-order valence-corrected chi connectivity index (χ2v) is 4.04. The first-order chi connectivity index (χ1) is 6.39. The van der Waals surface area contributed by atoms with E-state index in [0.29, 0.717) is 0 Å². The molecular formula is C9H21Cl2F3N2. The van der Waals surface area contributed by atoms with E-state index in [-0.39, 0.29) is 38.3 Å². The molecule has 1 atom stereocenters. The SMILES string of the molecule is CC(NC1CCC(N)CC1)C(F)(F)F.Cl.Cl.[HH]. The van der Waals surface area contributed by atoms with Gasteiger partial charge in [-0.15, -0.1) is 24.8 Å². The molecule has 7 heteroatoms. The minimum atomic E-state index is -4.14. The summed E-state index contributed by atoms with van der Waals surface area (Å²) in [6, 6.07) is -1.26. The fourth-order valence-electron chi connectivity index (χ4n) is 1.73. The molecular weight excluding hydrogens is 264 g/mol. The minimum absolute atomic E-state index is 0. The zero-order chi connectivity index (χ0) is 10.8. The van der Waals surface area contributed by atoms with Crippen LogP contribution in [0.1, 0.15) is 34.0 Å². The molecule has 16 heavy (non-hydrogen) atoms. The molecule has 2 nitrogen and oxygen atoms in total. The summed E-state index contributed by atoms with van der Waals surface area (Å²) in [7, 11) is 0.